The van der Waals surface area contributed by atoms with Crippen molar-refractivity contribution in [2.75, 3.05) is 26.3 Å². The van der Waals surface area contributed by atoms with Gasteiger partial charge in [0.2, 0.25) is 10.0 Å². The summed E-state index contributed by atoms with van der Waals surface area (Å²) in [5, 5.41) is 0. The molecule has 31 heavy (non-hydrogen) atoms. The normalized spacial score (nSPS) is 18.5. The lowest BCUT2D eigenvalue weighted by Crippen LogP contribution is -2.42. The topological polar surface area (TPSA) is 102 Å². The second kappa shape index (κ2) is 10.9. The SMILES string of the molecule is CCOC(=O)C1CCN(C(=O)COc2ccc(S(=O)(=O)NC3CCCCC3)cc2)CC1. The molecule has 0 aromatic heterocycles. The van der Waals surface area contributed by atoms with E-state index < -0.39 is 10.0 Å². The van der Waals surface area contributed by atoms with Crippen LogP contribution in [0.3, 0.4) is 0 Å². The number of esters is 1. The minimum atomic E-state index is -3.56. The molecule has 2 fully saturated rings. The van der Waals surface area contributed by atoms with Crippen LogP contribution in [0, 0.1) is 5.92 Å². The molecule has 1 aliphatic heterocycles. The van der Waals surface area contributed by atoms with Gasteiger partial charge in [-0.15, -0.1) is 0 Å². The number of hydrogen-bond acceptors (Lipinski definition) is 6. The number of nitrogens with one attached hydrogen (secondary N) is 1. The average molecular weight is 453 g/mol. The highest BCUT2D eigenvalue weighted by Crippen LogP contribution is 2.22. The van der Waals surface area contributed by atoms with Gasteiger partial charge in [-0.2, -0.15) is 0 Å². The predicted octanol–water partition coefficient (Wildman–Crippen LogP) is 2.48. The standard InChI is InChI=1S/C22H32N2O6S/c1-2-29-22(26)17-12-14-24(15-13-17)21(25)16-30-19-8-10-20(11-9-19)31(27,28)23-18-6-4-3-5-7-18/h8-11,17-18,23H,2-7,12-16H2,1H3. The van der Waals surface area contributed by atoms with E-state index in [1.807, 2.05) is 0 Å². The first-order valence-corrected chi connectivity index (χ1v) is 12.6. The van der Waals surface area contributed by atoms with Gasteiger partial charge in [0.15, 0.2) is 6.61 Å². The molecule has 0 spiro atoms. The summed E-state index contributed by atoms with van der Waals surface area (Å²) in [6.07, 6.45) is 6.19. The zero-order valence-electron chi connectivity index (χ0n) is 18.0. The van der Waals surface area contributed by atoms with E-state index in [9.17, 15) is 18.0 Å². The molecule has 3 rings (SSSR count). The van der Waals surface area contributed by atoms with Crippen LogP contribution in [0.2, 0.25) is 0 Å². The van der Waals surface area contributed by atoms with Crippen molar-refractivity contribution in [3.63, 3.8) is 0 Å². The Balaban J connectivity index is 1.46. The lowest BCUT2D eigenvalue weighted by molar-refractivity contribution is -0.151. The van der Waals surface area contributed by atoms with Crippen molar-refractivity contribution in [2.45, 2.75) is 62.8 Å². The van der Waals surface area contributed by atoms with E-state index in [1.165, 1.54) is 12.1 Å². The van der Waals surface area contributed by atoms with Crippen LogP contribution in [0.1, 0.15) is 51.9 Å². The number of sulfonamides is 1. The summed E-state index contributed by atoms with van der Waals surface area (Å²) in [6, 6.07) is 6.12. The largest absolute Gasteiger partial charge is 0.484 e. The maximum atomic E-state index is 12.6. The zero-order chi connectivity index (χ0) is 22.3. The number of amides is 1. The van der Waals surface area contributed by atoms with Crippen LogP contribution in [0.4, 0.5) is 0 Å². The molecule has 1 N–H and O–H groups in total. The molecule has 0 bridgehead atoms. The van der Waals surface area contributed by atoms with Crippen molar-refractivity contribution in [3.05, 3.63) is 24.3 Å². The zero-order valence-corrected chi connectivity index (χ0v) is 18.9. The van der Waals surface area contributed by atoms with Gasteiger partial charge in [-0.1, -0.05) is 19.3 Å². The molecule has 1 amide bonds. The van der Waals surface area contributed by atoms with E-state index in [1.54, 1.807) is 24.0 Å². The summed E-state index contributed by atoms with van der Waals surface area (Å²) >= 11 is 0. The molecular formula is C22H32N2O6S. The van der Waals surface area contributed by atoms with Gasteiger partial charge in [0.05, 0.1) is 17.4 Å². The molecule has 1 aromatic carbocycles. The number of nitrogens with zero attached hydrogens (tertiary/aromatic N) is 1. The summed E-state index contributed by atoms with van der Waals surface area (Å²) in [5.74, 6) is -0.0650. The molecule has 1 heterocycles. The molecule has 1 aliphatic carbocycles. The first-order chi connectivity index (χ1) is 14.9. The molecule has 0 unspecified atom stereocenters. The highest BCUT2D eigenvalue weighted by Gasteiger charge is 2.28. The van der Waals surface area contributed by atoms with Crippen molar-refractivity contribution in [1.29, 1.82) is 0 Å². The third kappa shape index (κ3) is 6.67. The molecule has 1 saturated heterocycles. The summed E-state index contributed by atoms with van der Waals surface area (Å²) < 4.78 is 38.5. The van der Waals surface area contributed by atoms with Gasteiger partial charge in [0.1, 0.15) is 5.75 Å². The fourth-order valence-corrected chi connectivity index (χ4v) is 5.39. The fraction of sp³-hybridized carbons (Fsp3) is 0.636. The fourth-order valence-electron chi connectivity index (χ4n) is 4.08. The molecule has 0 radical (unpaired) electrons. The van der Waals surface area contributed by atoms with Crippen molar-refractivity contribution in [2.24, 2.45) is 5.92 Å². The molecular weight excluding hydrogens is 420 g/mol. The number of rotatable bonds is 8. The third-order valence-corrected chi connectivity index (χ3v) is 7.43. The van der Waals surface area contributed by atoms with Gasteiger partial charge in [-0.05, 0) is 56.9 Å². The number of piperidine rings is 1. The van der Waals surface area contributed by atoms with Crippen LogP contribution in [0.5, 0.6) is 5.75 Å². The summed E-state index contributed by atoms with van der Waals surface area (Å²) in [7, 11) is -3.56. The Morgan fingerprint density at radius 1 is 1.03 bits per heavy atom. The monoisotopic (exact) mass is 452 g/mol. The Bertz CT molecular complexity index is 841. The van der Waals surface area contributed by atoms with E-state index in [-0.39, 0.29) is 35.3 Å². The number of hydrogen-bond donors (Lipinski definition) is 1. The second-order valence-corrected chi connectivity index (χ2v) is 9.84. The van der Waals surface area contributed by atoms with Crippen LogP contribution in [-0.4, -0.2) is 57.5 Å². The lowest BCUT2D eigenvalue weighted by atomic mass is 9.96. The van der Waals surface area contributed by atoms with Crippen LogP contribution < -0.4 is 9.46 Å². The lowest BCUT2D eigenvalue weighted by Gasteiger charge is -2.30. The van der Waals surface area contributed by atoms with E-state index >= 15 is 0 Å². The minimum absolute atomic E-state index is 0.000248. The number of likely N-dealkylation sites (tertiary alicyclic amines) is 1. The molecule has 8 nitrogen and oxygen atoms in total. The van der Waals surface area contributed by atoms with Crippen molar-refractivity contribution in [1.82, 2.24) is 9.62 Å². The Hall–Kier alpha value is -2.13. The molecule has 1 aromatic rings. The molecule has 1 saturated carbocycles. The van der Waals surface area contributed by atoms with Gasteiger partial charge in [0, 0.05) is 19.1 Å². The summed E-state index contributed by atoms with van der Waals surface area (Å²) in [5.41, 5.74) is 0. The van der Waals surface area contributed by atoms with Crippen LogP contribution in [0.25, 0.3) is 0 Å². The van der Waals surface area contributed by atoms with E-state index in [2.05, 4.69) is 4.72 Å². The molecule has 0 atom stereocenters. The highest BCUT2D eigenvalue weighted by molar-refractivity contribution is 7.89. The average Bonchev–Trinajstić information content (AvgIpc) is 2.78. The number of ether oxygens (including phenoxy) is 2. The van der Waals surface area contributed by atoms with E-state index in [4.69, 9.17) is 9.47 Å². The predicted molar refractivity (Wildman–Crippen MR) is 115 cm³/mol. The van der Waals surface area contributed by atoms with E-state index in [0.29, 0.717) is 38.3 Å². The molecule has 172 valence electrons. The van der Waals surface area contributed by atoms with Gasteiger partial charge >= 0.3 is 5.97 Å². The van der Waals surface area contributed by atoms with Crippen molar-refractivity contribution < 1.29 is 27.5 Å². The Labute approximate surface area is 184 Å². The summed E-state index contributed by atoms with van der Waals surface area (Å²) in [6.45, 7) is 3.01. The third-order valence-electron chi connectivity index (χ3n) is 5.89. The quantitative estimate of drug-likeness (QED) is 0.608. The Morgan fingerprint density at radius 3 is 2.29 bits per heavy atom. The van der Waals surface area contributed by atoms with Gasteiger partial charge < -0.3 is 14.4 Å². The second-order valence-electron chi connectivity index (χ2n) is 8.12. The first-order valence-electron chi connectivity index (χ1n) is 11.1. The Morgan fingerprint density at radius 2 is 1.68 bits per heavy atom. The van der Waals surface area contributed by atoms with Gasteiger partial charge in [-0.3, -0.25) is 9.59 Å². The highest BCUT2D eigenvalue weighted by atomic mass is 32.2. The van der Waals surface area contributed by atoms with Crippen molar-refractivity contribution in [3.8, 4) is 5.75 Å². The molecule has 9 heteroatoms. The molecule has 2 aliphatic rings. The van der Waals surface area contributed by atoms with Gasteiger partial charge in [0.25, 0.3) is 5.91 Å². The number of carbonyl (C=O) groups is 2. The maximum Gasteiger partial charge on any atom is 0.309 e. The first kappa shape index (κ1) is 23.5. The number of benzene rings is 1. The smallest absolute Gasteiger partial charge is 0.309 e. The summed E-state index contributed by atoms with van der Waals surface area (Å²) in [4.78, 5) is 26.1. The van der Waals surface area contributed by atoms with Gasteiger partial charge in [-0.25, -0.2) is 13.1 Å². The maximum absolute atomic E-state index is 12.6. The van der Waals surface area contributed by atoms with Crippen LogP contribution >= 0.6 is 0 Å². The number of carbonyl (C=O) groups excluding carboxylic acids is 2. The van der Waals surface area contributed by atoms with E-state index in [0.717, 1.165) is 32.1 Å². The van der Waals surface area contributed by atoms with Crippen molar-refractivity contribution >= 4 is 21.9 Å². The van der Waals surface area contributed by atoms with Crippen LogP contribution in [-0.2, 0) is 24.3 Å². The Kier molecular flexibility index (Phi) is 8.31. The minimum Gasteiger partial charge on any atom is -0.484 e. The van der Waals surface area contributed by atoms with Crippen LogP contribution in [0.15, 0.2) is 29.2 Å².